The largest absolute Gasteiger partial charge is 0.461 e. The number of carbonyl (C=O) groups is 1. The van der Waals surface area contributed by atoms with E-state index in [2.05, 4.69) is 9.64 Å². The maximum absolute atomic E-state index is 13.2. The molecule has 2 fully saturated rings. The summed E-state index contributed by atoms with van der Waals surface area (Å²) >= 11 is 0. The smallest absolute Gasteiger partial charge is 0.427 e. The lowest BCUT2D eigenvalue weighted by atomic mass is 9.98. The average molecular weight is 376 g/mol. The highest BCUT2D eigenvalue weighted by Crippen LogP contribution is 2.31. The Labute approximate surface area is 148 Å². The van der Waals surface area contributed by atoms with Crippen LogP contribution in [0.1, 0.15) is 23.2 Å². The molecular formula is C17H20F4N2O3. The first-order chi connectivity index (χ1) is 12.3. The fourth-order valence-corrected chi connectivity index (χ4v) is 3.31. The summed E-state index contributed by atoms with van der Waals surface area (Å²) in [6, 6.07) is 5.45. The van der Waals surface area contributed by atoms with E-state index in [1.54, 1.807) is 0 Å². The number of piperidine rings is 1. The van der Waals surface area contributed by atoms with Crippen molar-refractivity contribution in [2.24, 2.45) is 0 Å². The minimum atomic E-state index is -4.66. The number of halogens is 4. The third-order valence-electron chi connectivity index (χ3n) is 4.78. The van der Waals surface area contributed by atoms with Crippen molar-refractivity contribution in [2.45, 2.75) is 37.5 Å². The van der Waals surface area contributed by atoms with Crippen molar-refractivity contribution in [1.29, 1.82) is 0 Å². The Morgan fingerprint density at radius 2 is 1.81 bits per heavy atom. The van der Waals surface area contributed by atoms with Gasteiger partial charge in [0.15, 0.2) is 0 Å². The third kappa shape index (κ3) is 3.93. The molecule has 5 nitrogen and oxygen atoms in total. The van der Waals surface area contributed by atoms with Gasteiger partial charge in [-0.25, -0.2) is 0 Å². The summed E-state index contributed by atoms with van der Waals surface area (Å²) in [7, 11) is 0. The van der Waals surface area contributed by atoms with E-state index in [1.807, 2.05) is 0 Å². The molecule has 0 spiro atoms. The number of rotatable bonds is 5. The minimum Gasteiger partial charge on any atom is -0.427 e. The molecule has 2 aliphatic rings. The van der Waals surface area contributed by atoms with Crippen LogP contribution in [0.15, 0.2) is 24.3 Å². The molecule has 0 bridgehead atoms. The number of carbonyl (C=O) groups excluding carboxylic acids is 1. The van der Waals surface area contributed by atoms with Gasteiger partial charge in [-0.3, -0.25) is 9.69 Å². The van der Waals surface area contributed by atoms with Crippen molar-refractivity contribution >= 4 is 5.91 Å². The number of hydrogen-bond acceptors (Lipinski definition) is 4. The van der Waals surface area contributed by atoms with Crippen LogP contribution in [0.2, 0.25) is 0 Å². The van der Waals surface area contributed by atoms with Gasteiger partial charge in [-0.1, -0.05) is 12.1 Å². The van der Waals surface area contributed by atoms with Gasteiger partial charge in [0.1, 0.15) is 5.75 Å². The zero-order valence-corrected chi connectivity index (χ0v) is 14.0. The average Bonchev–Trinajstić information content (AvgIpc) is 2.59. The molecule has 1 aromatic carbocycles. The van der Waals surface area contributed by atoms with E-state index in [1.165, 1.54) is 23.1 Å². The molecule has 0 aliphatic carbocycles. The van der Waals surface area contributed by atoms with Crippen molar-refractivity contribution in [2.75, 3.05) is 26.2 Å². The molecule has 9 heteroatoms. The fourth-order valence-electron chi connectivity index (χ4n) is 3.31. The van der Waals surface area contributed by atoms with Crippen LogP contribution in [-0.2, 0) is 0 Å². The molecular weight excluding hydrogens is 356 g/mol. The van der Waals surface area contributed by atoms with Crippen molar-refractivity contribution in [3.8, 4) is 5.75 Å². The SMILES string of the molecule is O=C(c1ccccc1OC(F)(F)C(F)F)N1CCC(N2CC(O)C2)CC1. The molecule has 1 amide bonds. The molecule has 2 saturated heterocycles. The molecule has 1 N–H and O–H groups in total. The Balaban J connectivity index is 1.65. The second-order valence-corrected chi connectivity index (χ2v) is 6.59. The maximum atomic E-state index is 13.2. The number of hydrogen-bond donors (Lipinski definition) is 1. The van der Waals surface area contributed by atoms with Gasteiger partial charge in [0.25, 0.3) is 5.91 Å². The second kappa shape index (κ2) is 7.40. The molecule has 2 heterocycles. The van der Waals surface area contributed by atoms with Crippen LogP contribution in [0.25, 0.3) is 0 Å². The van der Waals surface area contributed by atoms with Crippen molar-refractivity contribution in [1.82, 2.24) is 9.80 Å². The normalized spacial score (nSPS) is 20.3. The number of β-amino-alcohol motifs (C(OH)–C–C–N with tert-alkyl or cyclic N) is 1. The lowest BCUT2D eigenvalue weighted by molar-refractivity contribution is -0.253. The molecule has 1 aromatic rings. The first kappa shape index (κ1) is 18.9. The summed E-state index contributed by atoms with van der Waals surface area (Å²) < 4.78 is 55.3. The predicted octanol–water partition coefficient (Wildman–Crippen LogP) is 2.20. The van der Waals surface area contributed by atoms with Gasteiger partial charge in [-0.05, 0) is 25.0 Å². The molecule has 0 radical (unpaired) electrons. The molecule has 0 unspecified atom stereocenters. The van der Waals surface area contributed by atoms with Crippen LogP contribution in [0.5, 0.6) is 5.75 Å². The van der Waals surface area contributed by atoms with Gasteiger partial charge in [0.05, 0.1) is 11.7 Å². The molecule has 26 heavy (non-hydrogen) atoms. The number of alkyl halides is 4. The van der Waals surface area contributed by atoms with Crippen LogP contribution >= 0.6 is 0 Å². The Bertz CT molecular complexity index is 645. The topological polar surface area (TPSA) is 53.0 Å². The first-order valence-corrected chi connectivity index (χ1v) is 8.43. The van der Waals surface area contributed by atoms with E-state index < -0.39 is 24.2 Å². The number of nitrogens with zero attached hydrogens (tertiary/aromatic N) is 2. The van der Waals surface area contributed by atoms with Crippen LogP contribution in [0.4, 0.5) is 17.6 Å². The van der Waals surface area contributed by atoms with Crippen LogP contribution < -0.4 is 4.74 Å². The van der Waals surface area contributed by atoms with Gasteiger partial charge < -0.3 is 14.7 Å². The fraction of sp³-hybridized carbons (Fsp3) is 0.588. The number of amides is 1. The Kier molecular flexibility index (Phi) is 5.38. The van der Waals surface area contributed by atoms with Crippen LogP contribution in [0, 0.1) is 0 Å². The summed E-state index contributed by atoms with van der Waals surface area (Å²) in [4.78, 5) is 16.3. The van der Waals surface area contributed by atoms with E-state index in [-0.39, 0.29) is 17.7 Å². The Morgan fingerprint density at radius 1 is 1.19 bits per heavy atom. The number of likely N-dealkylation sites (tertiary alicyclic amines) is 2. The van der Waals surface area contributed by atoms with Crippen LogP contribution in [-0.4, -0.2) is 71.7 Å². The summed E-state index contributed by atoms with van der Waals surface area (Å²) in [5, 5.41) is 9.37. The van der Waals surface area contributed by atoms with Crippen LogP contribution in [0.3, 0.4) is 0 Å². The van der Waals surface area contributed by atoms with Gasteiger partial charge in [-0.2, -0.15) is 17.6 Å². The van der Waals surface area contributed by atoms with Crippen molar-refractivity contribution in [3.63, 3.8) is 0 Å². The molecule has 2 aliphatic heterocycles. The monoisotopic (exact) mass is 376 g/mol. The number of para-hydroxylation sites is 1. The quantitative estimate of drug-likeness (QED) is 0.801. The predicted molar refractivity (Wildman–Crippen MR) is 84.5 cm³/mol. The summed E-state index contributed by atoms with van der Waals surface area (Å²) in [6.07, 6.45) is -7.55. The Morgan fingerprint density at radius 3 is 2.38 bits per heavy atom. The summed E-state index contributed by atoms with van der Waals surface area (Å²) in [6.45, 7) is 2.10. The van der Waals surface area contributed by atoms with E-state index in [9.17, 15) is 27.5 Å². The molecule has 0 atom stereocenters. The number of aliphatic hydroxyl groups excluding tert-OH is 1. The van der Waals surface area contributed by atoms with E-state index in [0.29, 0.717) is 39.0 Å². The summed E-state index contributed by atoms with van der Waals surface area (Å²) in [5.41, 5.74) is -0.161. The van der Waals surface area contributed by atoms with E-state index in [4.69, 9.17) is 0 Å². The van der Waals surface area contributed by atoms with Gasteiger partial charge >= 0.3 is 12.5 Å². The highest BCUT2D eigenvalue weighted by molar-refractivity contribution is 5.97. The zero-order chi connectivity index (χ0) is 18.9. The third-order valence-corrected chi connectivity index (χ3v) is 4.78. The molecule has 0 saturated carbocycles. The van der Waals surface area contributed by atoms with Crippen molar-refractivity contribution < 1.29 is 32.2 Å². The maximum Gasteiger partial charge on any atom is 0.461 e. The molecule has 144 valence electrons. The van der Waals surface area contributed by atoms with Gasteiger partial charge in [-0.15, -0.1) is 0 Å². The summed E-state index contributed by atoms with van der Waals surface area (Å²) in [5.74, 6) is -1.08. The number of ether oxygens (including phenoxy) is 1. The van der Waals surface area contributed by atoms with Crippen molar-refractivity contribution in [3.05, 3.63) is 29.8 Å². The Hall–Kier alpha value is -1.87. The zero-order valence-electron chi connectivity index (χ0n) is 14.0. The number of aliphatic hydroxyl groups is 1. The second-order valence-electron chi connectivity index (χ2n) is 6.59. The lowest BCUT2D eigenvalue weighted by Crippen LogP contribution is -2.58. The minimum absolute atomic E-state index is 0.161. The highest BCUT2D eigenvalue weighted by Gasteiger charge is 2.45. The first-order valence-electron chi connectivity index (χ1n) is 8.43. The van der Waals surface area contributed by atoms with Gasteiger partial charge in [0.2, 0.25) is 0 Å². The van der Waals surface area contributed by atoms with Gasteiger partial charge in [0, 0.05) is 32.2 Å². The highest BCUT2D eigenvalue weighted by atomic mass is 19.3. The molecule has 0 aromatic heterocycles. The van der Waals surface area contributed by atoms with E-state index >= 15 is 0 Å². The standard InChI is InChI=1S/C17H20F4N2O3/c18-16(19)17(20,21)26-14-4-2-1-3-13(14)15(25)22-7-5-11(6-8-22)23-9-12(24)10-23/h1-4,11-12,16,24H,5-10H2. The molecule has 3 rings (SSSR count). The number of benzene rings is 1. The lowest BCUT2D eigenvalue weighted by Gasteiger charge is -2.45. The van der Waals surface area contributed by atoms with E-state index in [0.717, 1.165) is 6.07 Å².